The molecule has 766 valence electrons. The average Bonchev–Trinajstić information content (AvgIpc) is 0.778. The third-order valence-electron chi connectivity index (χ3n) is 26.1. The normalized spacial score (nSPS) is 14.8. The van der Waals surface area contributed by atoms with Crippen molar-refractivity contribution in [3.05, 3.63) is 71.8 Å². The number of halogens is 6. The standard InChI is InChI=1S/C101H169F6N11O16/c1-23-27-30-38-45-108-85(123)62-74(66-94(7,8)83(121)60-76(90(128)111-46-39-31-28-24-2)69-97(13,14)88(126)75(63-86(124)109-47-57-133-21)67-95(9,10)82(120)59-73(26-4)89(127)112-48-58-134-22)81(119)70-93(5,6)65-78(92(130)118(20)56-54-114(16)50-52-116(18)72-99(132,101(105,106)107)80-42-36-33-37-43-80)61-84(122)96(11,12)68-77(91(129)110-44-29-25-3)64-87(125)117(19)55-53-113(15)49-51-115(17)71-98(131,100(102,103)104)79-40-34-32-35-41-79/h32-37,40-43,73-78,131-132H,23-31,38-39,44-72H2,1-22H3,(H,108,123)(H,109,124)(H,110,129)(H,111,128)(H,112,127). The lowest BCUT2D eigenvalue weighted by Gasteiger charge is -2.36. The highest BCUT2D eigenvalue weighted by Crippen LogP contribution is 2.45. The van der Waals surface area contributed by atoms with Crippen LogP contribution in [0.25, 0.3) is 0 Å². The third-order valence-corrected chi connectivity index (χ3v) is 26.1. The number of ketones is 5. The predicted molar refractivity (Wildman–Crippen MR) is 511 cm³/mol. The molecule has 7 N–H and O–H groups in total. The molecular weight excluding hydrogens is 1740 g/mol. The van der Waals surface area contributed by atoms with Gasteiger partial charge in [0.25, 0.3) is 0 Å². The van der Waals surface area contributed by atoms with Crippen molar-refractivity contribution in [1.29, 1.82) is 0 Å². The molecule has 0 fully saturated rings. The highest BCUT2D eigenvalue weighted by Gasteiger charge is 2.57. The van der Waals surface area contributed by atoms with E-state index in [-0.39, 0.29) is 179 Å². The molecule has 2 aromatic rings. The number of nitrogens with one attached hydrogen (secondary N) is 5. The van der Waals surface area contributed by atoms with Gasteiger partial charge >= 0.3 is 12.4 Å². The zero-order chi connectivity index (χ0) is 102. The molecule has 0 saturated carbocycles. The number of Topliss-reactive ketones (excluding diaryl/α,β-unsaturated/α-hetero) is 5. The van der Waals surface area contributed by atoms with Crippen molar-refractivity contribution in [2.24, 2.45) is 62.6 Å². The summed E-state index contributed by atoms with van der Waals surface area (Å²) >= 11 is 0. The Kier molecular flexibility index (Phi) is 53.8. The van der Waals surface area contributed by atoms with E-state index < -0.39 is 171 Å². The number of carbonyl (C=O) groups excluding carboxylic acids is 12. The number of nitrogens with zero attached hydrogens (tertiary/aromatic N) is 6. The summed E-state index contributed by atoms with van der Waals surface area (Å²) in [5.41, 5.74) is -13.7. The van der Waals surface area contributed by atoms with Gasteiger partial charge in [-0.05, 0) is 103 Å². The molecule has 0 spiro atoms. The Bertz CT molecular complexity index is 3930. The molecule has 2 rings (SSSR count). The van der Waals surface area contributed by atoms with Crippen molar-refractivity contribution >= 4 is 70.3 Å². The minimum atomic E-state index is -5.03. The van der Waals surface area contributed by atoms with Gasteiger partial charge in [0.15, 0.2) is 11.2 Å². The monoisotopic (exact) mass is 1910 g/mol. The molecule has 0 bridgehead atoms. The number of amides is 7. The van der Waals surface area contributed by atoms with E-state index in [4.69, 9.17) is 9.47 Å². The quantitative estimate of drug-likeness (QED) is 0.0239. The van der Waals surface area contributed by atoms with Crippen molar-refractivity contribution in [1.82, 2.24) is 56.0 Å². The zero-order valence-corrected chi connectivity index (χ0v) is 85.1. The summed E-state index contributed by atoms with van der Waals surface area (Å²) in [6.45, 7) is 25.8. The fourth-order valence-electron chi connectivity index (χ4n) is 17.1. The van der Waals surface area contributed by atoms with Crippen LogP contribution in [-0.4, -0.2) is 290 Å². The summed E-state index contributed by atoms with van der Waals surface area (Å²) < 4.78 is 97.5. The molecular formula is C101H169F6N11O16. The fraction of sp³-hybridized carbons (Fsp3) is 0.762. The van der Waals surface area contributed by atoms with E-state index in [0.717, 1.165) is 44.9 Å². The summed E-state index contributed by atoms with van der Waals surface area (Å²) in [5, 5.41) is 36.7. The number of aliphatic hydroxyl groups is 2. The Morgan fingerprint density at radius 3 is 1.14 bits per heavy atom. The van der Waals surface area contributed by atoms with E-state index in [1.807, 2.05) is 18.7 Å². The molecule has 2 aromatic carbocycles. The summed E-state index contributed by atoms with van der Waals surface area (Å²) in [4.78, 5) is 186. The van der Waals surface area contributed by atoms with Gasteiger partial charge < -0.3 is 75.7 Å². The van der Waals surface area contributed by atoms with Crippen molar-refractivity contribution in [2.45, 2.75) is 268 Å². The predicted octanol–water partition coefficient (Wildman–Crippen LogP) is 13.1. The van der Waals surface area contributed by atoms with Crippen molar-refractivity contribution in [2.75, 3.05) is 168 Å². The van der Waals surface area contributed by atoms with Gasteiger partial charge in [0.1, 0.15) is 28.9 Å². The Balaban J connectivity index is 2.81. The van der Waals surface area contributed by atoms with Gasteiger partial charge in [0.2, 0.25) is 41.4 Å². The molecule has 0 radical (unpaired) electrons. The number of methoxy groups -OCH3 is 2. The summed E-state index contributed by atoms with van der Waals surface area (Å²) in [6.07, 6.45) is -4.89. The second kappa shape index (κ2) is 58.9. The maximum Gasteiger partial charge on any atom is 0.422 e. The average molecular weight is 1910 g/mol. The smallest absolute Gasteiger partial charge is 0.383 e. The van der Waals surface area contributed by atoms with E-state index in [0.29, 0.717) is 32.2 Å². The van der Waals surface area contributed by atoms with E-state index in [2.05, 4.69) is 33.5 Å². The van der Waals surface area contributed by atoms with Gasteiger partial charge in [-0.15, -0.1) is 0 Å². The molecule has 0 saturated heterocycles. The van der Waals surface area contributed by atoms with Crippen LogP contribution in [0.2, 0.25) is 0 Å². The largest absolute Gasteiger partial charge is 0.422 e. The highest BCUT2D eigenvalue weighted by atomic mass is 19.4. The first kappa shape index (κ1) is 122. The van der Waals surface area contributed by atoms with Crippen LogP contribution in [-0.2, 0) is 78.2 Å². The Morgan fingerprint density at radius 1 is 0.366 bits per heavy atom. The van der Waals surface area contributed by atoms with E-state index in [9.17, 15) is 70.1 Å². The number of rotatable bonds is 72. The number of alkyl halides is 6. The SMILES string of the molecule is CCCCCCNC(=O)CC(CC(C)(C)C(=O)CC(CC(C)(C)C(=O)C(CC(=O)NCCOC)CC(C)(C)C(=O)CC(CC)C(=O)NCCOC)C(=O)NCCCCCC)C(=O)CC(C)(C)CC(CC(=O)C(C)(C)CC(CC(=O)N(C)CCN(C)CCN(C)CC(O)(c1ccccc1)C(F)(F)F)C(=O)NCCCC)C(=O)N(C)CCN(C)CCN(C)CC(O)(c1ccccc1)C(F)(F)F. The van der Waals surface area contributed by atoms with Gasteiger partial charge in [-0.3, -0.25) is 57.5 Å². The number of benzene rings is 2. The summed E-state index contributed by atoms with van der Waals surface area (Å²) in [6, 6.07) is 13.6. The van der Waals surface area contributed by atoms with Crippen molar-refractivity contribution in [3.63, 3.8) is 0 Å². The third kappa shape index (κ3) is 43.2. The van der Waals surface area contributed by atoms with E-state index >= 15 is 24.0 Å². The highest BCUT2D eigenvalue weighted by molar-refractivity contribution is 5.96. The molecule has 0 aliphatic heterocycles. The number of unbranched alkanes of at least 4 members (excludes halogenated alkanes) is 7. The molecule has 0 aromatic heterocycles. The minimum absolute atomic E-state index is 0.0373. The molecule has 8 unspecified atom stereocenters. The molecule has 33 heteroatoms. The van der Waals surface area contributed by atoms with Gasteiger partial charge in [0, 0.05) is 229 Å². The molecule has 8 atom stereocenters. The van der Waals surface area contributed by atoms with Crippen LogP contribution in [0, 0.1) is 62.6 Å². The lowest BCUT2D eigenvalue weighted by Crippen LogP contribution is -2.51. The topological polar surface area (TPSA) is 343 Å². The number of hydrogen-bond acceptors (Lipinski definition) is 20. The van der Waals surface area contributed by atoms with Crippen LogP contribution >= 0.6 is 0 Å². The molecule has 27 nitrogen and oxygen atoms in total. The zero-order valence-electron chi connectivity index (χ0n) is 85.1. The number of carbonyl (C=O) groups is 12. The van der Waals surface area contributed by atoms with Gasteiger partial charge in [-0.25, -0.2) is 0 Å². The van der Waals surface area contributed by atoms with Crippen LogP contribution in [0.3, 0.4) is 0 Å². The number of hydrogen-bond donors (Lipinski definition) is 7. The van der Waals surface area contributed by atoms with Gasteiger partial charge in [-0.2, -0.15) is 26.3 Å². The number of likely N-dealkylation sites (N-methyl/N-ethyl adjacent to an activating group) is 6. The molecule has 0 aliphatic carbocycles. The maximum atomic E-state index is 15.7. The fourth-order valence-corrected chi connectivity index (χ4v) is 17.1. The van der Waals surface area contributed by atoms with Crippen molar-refractivity contribution in [3.8, 4) is 0 Å². The number of ether oxygens (including phenoxy) is 2. The summed E-state index contributed by atoms with van der Waals surface area (Å²) in [7, 11) is 12.4. The molecule has 134 heavy (non-hydrogen) atoms. The summed E-state index contributed by atoms with van der Waals surface area (Å²) in [5.74, 6) is -11.7. The van der Waals surface area contributed by atoms with E-state index in [1.165, 1.54) is 96.4 Å². The second-order valence-corrected chi connectivity index (χ2v) is 41.0. The molecule has 7 amide bonds. The Morgan fingerprint density at radius 2 is 0.709 bits per heavy atom. The van der Waals surface area contributed by atoms with Crippen LogP contribution in [0.4, 0.5) is 26.3 Å². The first-order valence-corrected chi connectivity index (χ1v) is 48.3. The van der Waals surface area contributed by atoms with Crippen LogP contribution in [0.1, 0.15) is 256 Å². The Hall–Kier alpha value is -7.66. The van der Waals surface area contributed by atoms with Gasteiger partial charge in [-0.1, -0.05) is 203 Å². The maximum absolute atomic E-state index is 15.7. The van der Waals surface area contributed by atoms with Crippen LogP contribution in [0.15, 0.2) is 60.7 Å². The van der Waals surface area contributed by atoms with Gasteiger partial charge in [0.05, 0.1) is 13.2 Å². The van der Waals surface area contributed by atoms with Crippen molar-refractivity contribution < 1.29 is 104 Å². The minimum Gasteiger partial charge on any atom is -0.383 e. The first-order valence-electron chi connectivity index (χ1n) is 48.3. The molecule has 0 aliphatic rings. The second-order valence-electron chi connectivity index (χ2n) is 41.0. The van der Waals surface area contributed by atoms with Crippen LogP contribution < -0.4 is 26.6 Å². The van der Waals surface area contributed by atoms with E-state index in [1.54, 1.807) is 121 Å². The Labute approximate surface area is 796 Å². The first-order chi connectivity index (χ1) is 62.4. The lowest BCUT2D eigenvalue weighted by molar-refractivity contribution is -0.271. The van der Waals surface area contributed by atoms with Crippen LogP contribution in [0.5, 0.6) is 0 Å². The lowest BCUT2D eigenvalue weighted by atomic mass is 9.67. The molecule has 0 heterocycles.